The van der Waals surface area contributed by atoms with Gasteiger partial charge in [0.05, 0.1) is 34.3 Å². The molecule has 0 unspecified atom stereocenters. The Morgan fingerprint density at radius 1 is 0.953 bits per heavy atom. The van der Waals surface area contributed by atoms with Crippen molar-refractivity contribution in [3.05, 3.63) is 128 Å². The average molecular weight is 634 g/mol. The Labute approximate surface area is 263 Å². The second-order valence-electron chi connectivity index (χ2n) is 9.41. The van der Waals surface area contributed by atoms with Gasteiger partial charge in [0.2, 0.25) is 0 Å². The monoisotopic (exact) mass is 632 g/mol. The van der Waals surface area contributed by atoms with Crippen molar-refractivity contribution in [2.24, 2.45) is 4.99 Å². The highest BCUT2D eigenvalue weighted by Crippen LogP contribution is 2.40. The minimum atomic E-state index is -1.01. The maximum Gasteiger partial charge on any atom is 0.335 e. The van der Waals surface area contributed by atoms with Gasteiger partial charge in [-0.2, -0.15) is 0 Å². The van der Waals surface area contributed by atoms with Crippen molar-refractivity contribution >= 4 is 63.8 Å². The van der Waals surface area contributed by atoms with Gasteiger partial charge in [-0.15, -0.1) is 0 Å². The van der Waals surface area contributed by atoms with Gasteiger partial charge in [-0.25, -0.2) is 9.79 Å². The van der Waals surface area contributed by atoms with Crippen LogP contribution in [0.2, 0.25) is 10.0 Å². The van der Waals surface area contributed by atoms with Crippen LogP contribution in [0.1, 0.15) is 34.0 Å². The van der Waals surface area contributed by atoms with Crippen molar-refractivity contribution in [1.82, 2.24) is 4.90 Å². The van der Waals surface area contributed by atoms with Gasteiger partial charge in [0.1, 0.15) is 6.61 Å². The number of para-hydroxylation sites is 1. The van der Waals surface area contributed by atoms with Crippen LogP contribution in [0, 0.1) is 0 Å². The molecule has 218 valence electrons. The Morgan fingerprint density at radius 3 is 2.33 bits per heavy atom. The lowest BCUT2D eigenvalue weighted by Gasteiger charge is -2.16. The number of hydrogen-bond donors (Lipinski definition) is 1. The van der Waals surface area contributed by atoms with Crippen LogP contribution in [0.3, 0.4) is 0 Å². The zero-order valence-corrected chi connectivity index (χ0v) is 25.3. The van der Waals surface area contributed by atoms with Gasteiger partial charge in [0.15, 0.2) is 16.7 Å². The molecule has 0 bridgehead atoms. The molecule has 4 aromatic rings. The molecule has 10 heteroatoms. The lowest BCUT2D eigenvalue weighted by molar-refractivity contribution is -0.122. The molecule has 0 saturated carbocycles. The average Bonchev–Trinajstić information content (AvgIpc) is 3.27. The molecule has 0 spiro atoms. The van der Waals surface area contributed by atoms with Crippen LogP contribution in [0.5, 0.6) is 11.5 Å². The third kappa shape index (κ3) is 7.59. The summed E-state index contributed by atoms with van der Waals surface area (Å²) in [6, 6.07) is 26.6. The fraction of sp³-hybridized carbons (Fsp3) is 0.121. The first-order valence-electron chi connectivity index (χ1n) is 13.3. The first-order chi connectivity index (χ1) is 20.8. The summed E-state index contributed by atoms with van der Waals surface area (Å²) in [7, 11) is 0. The molecular weight excluding hydrogens is 607 g/mol. The summed E-state index contributed by atoms with van der Waals surface area (Å²) >= 11 is 13.9. The smallest absolute Gasteiger partial charge is 0.335 e. The number of carbonyl (C=O) groups is 2. The molecule has 43 heavy (non-hydrogen) atoms. The standard InChI is InChI=1S/C33H26Cl2N2O5S/c1-2-41-28-17-23(16-27(35)30(28)42-20-22-10-14-25(34)15-11-22)18-29-31(38)37(19-21-8-12-24(13-9-21)32(39)40)33(43-29)36-26-6-4-3-5-7-26/h3-18H,2,19-20H2,1H3,(H,39,40)/b29-18+,36-33?. The molecule has 0 radical (unpaired) electrons. The van der Waals surface area contributed by atoms with E-state index in [0.717, 1.165) is 11.1 Å². The predicted molar refractivity (Wildman–Crippen MR) is 171 cm³/mol. The molecule has 1 N–H and O–H groups in total. The first-order valence-corrected chi connectivity index (χ1v) is 14.9. The number of benzene rings is 4. The van der Waals surface area contributed by atoms with Crippen LogP contribution in [0.15, 0.2) is 101 Å². The van der Waals surface area contributed by atoms with Crippen molar-refractivity contribution in [1.29, 1.82) is 0 Å². The molecule has 7 nitrogen and oxygen atoms in total. The largest absolute Gasteiger partial charge is 0.490 e. The van der Waals surface area contributed by atoms with Crippen molar-refractivity contribution < 1.29 is 24.2 Å². The summed E-state index contributed by atoms with van der Waals surface area (Å²) < 4.78 is 11.9. The van der Waals surface area contributed by atoms with E-state index in [1.54, 1.807) is 47.4 Å². The number of halogens is 2. The van der Waals surface area contributed by atoms with E-state index in [1.807, 2.05) is 49.4 Å². The number of amidine groups is 1. The molecule has 1 aliphatic rings. The minimum absolute atomic E-state index is 0.173. The Balaban J connectivity index is 1.44. The second-order valence-corrected chi connectivity index (χ2v) is 11.3. The van der Waals surface area contributed by atoms with Gasteiger partial charge in [0.25, 0.3) is 5.91 Å². The van der Waals surface area contributed by atoms with Gasteiger partial charge in [-0.1, -0.05) is 65.7 Å². The van der Waals surface area contributed by atoms with Gasteiger partial charge in [-0.3, -0.25) is 9.69 Å². The topological polar surface area (TPSA) is 88.4 Å². The van der Waals surface area contributed by atoms with E-state index >= 15 is 0 Å². The number of ether oxygens (including phenoxy) is 2. The number of carboxylic acids is 1. The van der Waals surface area contributed by atoms with Gasteiger partial charge in [0, 0.05) is 5.02 Å². The number of aromatic carboxylic acids is 1. The molecule has 1 amide bonds. The normalized spacial score (nSPS) is 14.9. The maximum absolute atomic E-state index is 13.7. The van der Waals surface area contributed by atoms with Crippen molar-refractivity contribution in [2.75, 3.05) is 6.61 Å². The van der Waals surface area contributed by atoms with E-state index in [1.165, 1.54) is 23.9 Å². The van der Waals surface area contributed by atoms with Gasteiger partial charge >= 0.3 is 5.97 Å². The summed E-state index contributed by atoms with van der Waals surface area (Å²) in [5.74, 6) is -0.384. The van der Waals surface area contributed by atoms with Crippen LogP contribution in [0.25, 0.3) is 6.08 Å². The van der Waals surface area contributed by atoms with E-state index < -0.39 is 5.97 Å². The van der Waals surface area contributed by atoms with Crippen LogP contribution in [0.4, 0.5) is 5.69 Å². The van der Waals surface area contributed by atoms with Crippen LogP contribution >= 0.6 is 35.0 Å². The highest BCUT2D eigenvalue weighted by molar-refractivity contribution is 8.18. The summed E-state index contributed by atoms with van der Waals surface area (Å²) in [5.41, 5.74) is 3.23. The summed E-state index contributed by atoms with van der Waals surface area (Å²) in [6.45, 7) is 2.75. The van der Waals surface area contributed by atoms with Crippen molar-refractivity contribution in [2.45, 2.75) is 20.1 Å². The zero-order chi connectivity index (χ0) is 30.3. The first kappa shape index (κ1) is 30.2. The number of hydrogen-bond acceptors (Lipinski definition) is 6. The lowest BCUT2D eigenvalue weighted by atomic mass is 10.1. The molecule has 1 fully saturated rings. The lowest BCUT2D eigenvalue weighted by Crippen LogP contribution is -2.28. The molecular formula is C33H26Cl2N2O5S. The van der Waals surface area contributed by atoms with E-state index in [-0.39, 0.29) is 24.6 Å². The summed E-state index contributed by atoms with van der Waals surface area (Å²) in [4.78, 5) is 31.7. The summed E-state index contributed by atoms with van der Waals surface area (Å²) in [5, 5.41) is 10.7. The number of amides is 1. The molecule has 4 aromatic carbocycles. The number of nitrogens with zero attached hydrogens (tertiary/aromatic N) is 2. The fourth-order valence-electron chi connectivity index (χ4n) is 4.24. The van der Waals surface area contributed by atoms with Crippen LogP contribution in [-0.2, 0) is 17.9 Å². The number of rotatable bonds is 10. The molecule has 1 aliphatic heterocycles. The zero-order valence-electron chi connectivity index (χ0n) is 23.0. The van der Waals surface area contributed by atoms with E-state index in [9.17, 15) is 14.7 Å². The Hall–Kier alpha value is -4.24. The molecule has 0 aromatic heterocycles. The minimum Gasteiger partial charge on any atom is -0.490 e. The quantitative estimate of drug-likeness (QED) is 0.176. The van der Waals surface area contributed by atoms with E-state index in [4.69, 9.17) is 37.7 Å². The maximum atomic E-state index is 13.7. The van der Waals surface area contributed by atoms with Crippen molar-refractivity contribution in [3.8, 4) is 11.5 Å². The molecule has 1 saturated heterocycles. The predicted octanol–water partition coefficient (Wildman–Crippen LogP) is 8.47. The highest BCUT2D eigenvalue weighted by atomic mass is 35.5. The fourth-order valence-corrected chi connectivity index (χ4v) is 5.64. The second kappa shape index (κ2) is 13.8. The van der Waals surface area contributed by atoms with Gasteiger partial charge < -0.3 is 14.6 Å². The third-order valence-electron chi connectivity index (χ3n) is 6.34. The summed E-state index contributed by atoms with van der Waals surface area (Å²) in [6.07, 6.45) is 1.75. The van der Waals surface area contributed by atoms with E-state index in [0.29, 0.717) is 49.5 Å². The van der Waals surface area contributed by atoms with Crippen LogP contribution < -0.4 is 9.47 Å². The number of aliphatic imine (C=N–C) groups is 1. The Bertz CT molecular complexity index is 1690. The molecule has 0 atom stereocenters. The number of thioether (sulfide) groups is 1. The third-order valence-corrected chi connectivity index (χ3v) is 7.88. The Morgan fingerprint density at radius 2 is 1.65 bits per heavy atom. The van der Waals surface area contributed by atoms with E-state index in [2.05, 4.69) is 0 Å². The molecule has 1 heterocycles. The van der Waals surface area contributed by atoms with Crippen molar-refractivity contribution in [3.63, 3.8) is 0 Å². The number of carboxylic acid groups (broad SMARTS) is 1. The molecule has 0 aliphatic carbocycles. The SMILES string of the molecule is CCOc1cc(/C=C2/SC(=Nc3ccccc3)N(Cc3ccc(C(=O)O)cc3)C2=O)cc(Cl)c1OCc1ccc(Cl)cc1. The van der Waals surface area contributed by atoms with Crippen LogP contribution in [-0.4, -0.2) is 33.7 Å². The number of carbonyl (C=O) groups excluding carboxylic acids is 1. The highest BCUT2D eigenvalue weighted by Gasteiger charge is 2.33. The van der Waals surface area contributed by atoms with Gasteiger partial charge in [-0.05, 0) is 90.0 Å². The molecule has 5 rings (SSSR count). The Kier molecular flexibility index (Phi) is 9.72.